The number of carbonyl (C=O) groups excluding carboxylic acids is 1. The molecule has 0 bridgehead atoms. The topological polar surface area (TPSA) is 90.1 Å². The number of nitrogens with zero attached hydrogens (tertiary/aromatic N) is 3. The highest BCUT2D eigenvalue weighted by Crippen LogP contribution is 2.14. The van der Waals surface area contributed by atoms with Gasteiger partial charge in [0.2, 0.25) is 5.89 Å². The first-order valence-electron chi connectivity index (χ1n) is 7.40. The third-order valence-corrected chi connectivity index (χ3v) is 3.18. The van der Waals surface area contributed by atoms with E-state index in [-0.39, 0.29) is 19.1 Å². The van der Waals surface area contributed by atoms with Crippen molar-refractivity contribution < 1.29 is 13.9 Å². The van der Waals surface area contributed by atoms with Crippen LogP contribution in [0.15, 0.2) is 53.1 Å². The normalized spacial score (nSPS) is 10.4. The number of aryl methyl sites for hydroxylation is 1. The SMILES string of the molecule is Cc1ccc(OCC(=O)NCc2nnc(-c3ccccn3)o2)cc1. The molecule has 1 amide bonds. The van der Waals surface area contributed by atoms with Crippen LogP contribution in [0, 0.1) is 6.92 Å². The summed E-state index contributed by atoms with van der Waals surface area (Å²) in [6, 6.07) is 12.9. The standard InChI is InChI=1S/C17H16N4O3/c1-12-5-7-13(8-6-12)23-11-15(22)19-10-16-20-21-17(24-16)14-4-2-3-9-18-14/h2-9H,10-11H2,1H3,(H,19,22). The van der Waals surface area contributed by atoms with Gasteiger partial charge in [0.25, 0.3) is 11.8 Å². The van der Waals surface area contributed by atoms with Gasteiger partial charge in [-0.1, -0.05) is 23.8 Å². The van der Waals surface area contributed by atoms with Crippen molar-refractivity contribution in [3.8, 4) is 17.3 Å². The van der Waals surface area contributed by atoms with E-state index in [0.29, 0.717) is 23.2 Å². The minimum atomic E-state index is -0.270. The molecule has 3 rings (SSSR count). The van der Waals surface area contributed by atoms with E-state index < -0.39 is 0 Å². The molecule has 2 heterocycles. The Kier molecular flexibility index (Phi) is 4.81. The van der Waals surface area contributed by atoms with E-state index in [1.807, 2.05) is 37.3 Å². The average Bonchev–Trinajstić information content (AvgIpc) is 3.09. The Labute approximate surface area is 138 Å². The number of ether oxygens (including phenoxy) is 1. The van der Waals surface area contributed by atoms with Crippen LogP contribution in [-0.2, 0) is 11.3 Å². The van der Waals surface area contributed by atoms with Gasteiger partial charge in [-0.3, -0.25) is 9.78 Å². The zero-order valence-corrected chi connectivity index (χ0v) is 13.1. The highest BCUT2D eigenvalue weighted by atomic mass is 16.5. The van der Waals surface area contributed by atoms with Crippen LogP contribution in [0.5, 0.6) is 5.75 Å². The Morgan fingerprint density at radius 2 is 2.00 bits per heavy atom. The van der Waals surface area contributed by atoms with Crippen molar-refractivity contribution in [3.63, 3.8) is 0 Å². The van der Waals surface area contributed by atoms with Crippen molar-refractivity contribution in [3.05, 3.63) is 60.1 Å². The Balaban J connectivity index is 1.48. The smallest absolute Gasteiger partial charge is 0.266 e. The molecule has 24 heavy (non-hydrogen) atoms. The van der Waals surface area contributed by atoms with Crippen LogP contribution in [0.4, 0.5) is 0 Å². The summed E-state index contributed by atoms with van der Waals surface area (Å²) in [5, 5.41) is 10.4. The summed E-state index contributed by atoms with van der Waals surface area (Å²) in [6.07, 6.45) is 1.64. The number of nitrogens with one attached hydrogen (secondary N) is 1. The van der Waals surface area contributed by atoms with Gasteiger partial charge in [-0.05, 0) is 31.2 Å². The van der Waals surface area contributed by atoms with Crippen molar-refractivity contribution in [2.75, 3.05) is 6.61 Å². The molecule has 0 saturated carbocycles. The Bertz CT molecular complexity index is 800. The summed E-state index contributed by atoms with van der Waals surface area (Å²) < 4.78 is 10.9. The molecule has 0 aliphatic heterocycles. The zero-order chi connectivity index (χ0) is 16.8. The maximum Gasteiger partial charge on any atom is 0.266 e. The Hall–Kier alpha value is -3.22. The fourth-order valence-electron chi connectivity index (χ4n) is 1.93. The first-order valence-corrected chi connectivity index (χ1v) is 7.40. The predicted octanol–water partition coefficient (Wildman–Crippen LogP) is 2.14. The molecule has 0 atom stereocenters. The Morgan fingerprint density at radius 1 is 1.17 bits per heavy atom. The minimum absolute atomic E-state index is 0.0791. The molecule has 0 unspecified atom stereocenters. The Morgan fingerprint density at radius 3 is 2.75 bits per heavy atom. The van der Waals surface area contributed by atoms with Gasteiger partial charge >= 0.3 is 0 Å². The molecule has 0 aliphatic carbocycles. The molecule has 3 aromatic rings. The van der Waals surface area contributed by atoms with Crippen LogP contribution in [-0.4, -0.2) is 27.7 Å². The number of hydrogen-bond donors (Lipinski definition) is 1. The van der Waals surface area contributed by atoms with Gasteiger partial charge in [0.05, 0.1) is 6.54 Å². The summed E-state index contributed by atoms with van der Waals surface area (Å²) in [7, 11) is 0. The molecule has 0 aliphatic rings. The second kappa shape index (κ2) is 7.36. The minimum Gasteiger partial charge on any atom is -0.484 e. The fourth-order valence-corrected chi connectivity index (χ4v) is 1.93. The van der Waals surface area contributed by atoms with Gasteiger partial charge in [-0.25, -0.2) is 0 Å². The number of amides is 1. The van der Waals surface area contributed by atoms with E-state index in [0.717, 1.165) is 5.56 Å². The van der Waals surface area contributed by atoms with Crippen LogP contribution >= 0.6 is 0 Å². The van der Waals surface area contributed by atoms with Gasteiger partial charge < -0.3 is 14.5 Å². The molecule has 2 aromatic heterocycles. The summed E-state index contributed by atoms with van der Waals surface area (Å²) in [5.41, 5.74) is 1.72. The molecular weight excluding hydrogens is 308 g/mol. The number of pyridine rings is 1. The van der Waals surface area contributed by atoms with E-state index >= 15 is 0 Å². The molecule has 7 heteroatoms. The summed E-state index contributed by atoms with van der Waals surface area (Å²) in [5.74, 6) is 0.995. The lowest BCUT2D eigenvalue weighted by Crippen LogP contribution is -2.28. The first kappa shape index (κ1) is 15.7. The number of benzene rings is 1. The second-order valence-corrected chi connectivity index (χ2v) is 5.09. The molecule has 7 nitrogen and oxygen atoms in total. The number of carbonyl (C=O) groups is 1. The van der Waals surface area contributed by atoms with Crippen molar-refractivity contribution in [1.82, 2.24) is 20.5 Å². The van der Waals surface area contributed by atoms with Crippen LogP contribution in [0.25, 0.3) is 11.6 Å². The van der Waals surface area contributed by atoms with Gasteiger partial charge in [0.15, 0.2) is 6.61 Å². The molecule has 0 fully saturated rings. The van der Waals surface area contributed by atoms with Gasteiger partial charge in [0.1, 0.15) is 11.4 Å². The van der Waals surface area contributed by atoms with E-state index in [1.54, 1.807) is 18.3 Å². The molecule has 1 aromatic carbocycles. The third-order valence-electron chi connectivity index (χ3n) is 3.18. The average molecular weight is 324 g/mol. The lowest BCUT2D eigenvalue weighted by atomic mass is 10.2. The van der Waals surface area contributed by atoms with Crippen molar-refractivity contribution in [2.45, 2.75) is 13.5 Å². The highest BCUT2D eigenvalue weighted by molar-refractivity contribution is 5.77. The molecule has 1 N–H and O–H groups in total. The molecule has 0 spiro atoms. The predicted molar refractivity (Wildman–Crippen MR) is 86.0 cm³/mol. The highest BCUT2D eigenvalue weighted by Gasteiger charge is 2.10. The molecular formula is C17H16N4O3. The fraction of sp³-hybridized carbons (Fsp3) is 0.176. The lowest BCUT2D eigenvalue weighted by Gasteiger charge is -2.06. The van der Waals surface area contributed by atoms with E-state index in [1.165, 1.54) is 0 Å². The number of rotatable bonds is 6. The third kappa shape index (κ3) is 4.16. The van der Waals surface area contributed by atoms with Gasteiger partial charge in [0, 0.05) is 6.20 Å². The van der Waals surface area contributed by atoms with Crippen molar-refractivity contribution >= 4 is 5.91 Å². The van der Waals surface area contributed by atoms with Crippen LogP contribution < -0.4 is 10.1 Å². The monoisotopic (exact) mass is 324 g/mol. The largest absolute Gasteiger partial charge is 0.484 e. The maximum atomic E-state index is 11.8. The maximum absolute atomic E-state index is 11.8. The van der Waals surface area contributed by atoms with E-state index in [2.05, 4.69) is 20.5 Å². The second-order valence-electron chi connectivity index (χ2n) is 5.09. The van der Waals surface area contributed by atoms with Gasteiger partial charge in [-0.2, -0.15) is 0 Å². The van der Waals surface area contributed by atoms with Crippen LogP contribution in [0.3, 0.4) is 0 Å². The first-order chi connectivity index (χ1) is 11.7. The quantitative estimate of drug-likeness (QED) is 0.747. The van der Waals surface area contributed by atoms with Crippen LogP contribution in [0.2, 0.25) is 0 Å². The van der Waals surface area contributed by atoms with E-state index in [9.17, 15) is 4.79 Å². The zero-order valence-electron chi connectivity index (χ0n) is 13.1. The lowest BCUT2D eigenvalue weighted by molar-refractivity contribution is -0.123. The molecule has 0 radical (unpaired) electrons. The molecule has 0 saturated heterocycles. The summed E-state index contributed by atoms with van der Waals surface area (Å²) >= 11 is 0. The van der Waals surface area contributed by atoms with E-state index in [4.69, 9.17) is 9.15 Å². The summed E-state index contributed by atoms with van der Waals surface area (Å²) in [6.45, 7) is 2.04. The van der Waals surface area contributed by atoms with Crippen molar-refractivity contribution in [1.29, 1.82) is 0 Å². The number of aromatic nitrogens is 3. The van der Waals surface area contributed by atoms with Crippen molar-refractivity contribution in [2.24, 2.45) is 0 Å². The molecule has 122 valence electrons. The van der Waals surface area contributed by atoms with Crippen LogP contribution in [0.1, 0.15) is 11.5 Å². The number of hydrogen-bond acceptors (Lipinski definition) is 6. The summed E-state index contributed by atoms with van der Waals surface area (Å²) in [4.78, 5) is 15.9. The van der Waals surface area contributed by atoms with Gasteiger partial charge in [-0.15, -0.1) is 10.2 Å².